The second kappa shape index (κ2) is 36.8. The highest BCUT2D eigenvalue weighted by atomic mass is 31.2. The van der Waals surface area contributed by atoms with Gasteiger partial charge in [0.2, 0.25) is 0 Å². The van der Waals surface area contributed by atoms with Crippen LogP contribution in [0, 0.1) is 0 Å². The molecule has 1 rings (SSSR count). The van der Waals surface area contributed by atoms with Crippen molar-refractivity contribution in [3.63, 3.8) is 0 Å². The van der Waals surface area contributed by atoms with Crippen LogP contribution in [0.3, 0.4) is 0 Å². The lowest BCUT2D eigenvalue weighted by molar-refractivity contribution is -0.220. The number of esters is 2. The van der Waals surface area contributed by atoms with Gasteiger partial charge in [0.15, 0.2) is 6.10 Å². The third kappa shape index (κ3) is 28.8. The van der Waals surface area contributed by atoms with Gasteiger partial charge < -0.3 is 39.9 Å². The van der Waals surface area contributed by atoms with Gasteiger partial charge in [0.05, 0.1) is 6.61 Å². The number of unbranched alkanes of at least 4 members (excludes halogenated alkanes) is 23. The van der Waals surface area contributed by atoms with Crippen LogP contribution in [0.5, 0.6) is 0 Å². The summed E-state index contributed by atoms with van der Waals surface area (Å²) in [7, 11) is -5.12. The molecule has 1 saturated carbocycles. The number of hydrogen-bond donors (Lipinski definition) is 6. The molecule has 0 aliphatic heterocycles. The van der Waals surface area contributed by atoms with Crippen molar-refractivity contribution in [3.8, 4) is 0 Å². The van der Waals surface area contributed by atoms with Gasteiger partial charge in [0.25, 0.3) is 0 Å². The van der Waals surface area contributed by atoms with Gasteiger partial charge in [0.1, 0.15) is 43.2 Å². The van der Waals surface area contributed by atoms with E-state index in [0.29, 0.717) is 12.8 Å². The minimum atomic E-state index is -5.12. The van der Waals surface area contributed by atoms with Gasteiger partial charge in [-0.15, -0.1) is 0 Å². The second-order valence-corrected chi connectivity index (χ2v) is 18.0. The molecule has 0 radical (unpaired) electrons. The molecule has 0 spiro atoms. The number of carbonyl (C=O) groups is 2. The zero-order valence-electron chi connectivity index (χ0n) is 37.3. The number of ether oxygens (including phenoxy) is 2. The minimum Gasteiger partial charge on any atom is -0.462 e. The predicted octanol–water partition coefficient (Wildman–Crippen LogP) is 9.23. The average molecular weight is 877 g/mol. The molecule has 1 aliphatic carbocycles. The van der Waals surface area contributed by atoms with E-state index < -0.39 is 75.7 Å². The summed E-state index contributed by atoms with van der Waals surface area (Å²) in [5.74, 6) is -1.11. The molecule has 6 unspecified atom stereocenters. The van der Waals surface area contributed by atoms with Gasteiger partial charge in [-0.3, -0.25) is 18.6 Å². The molecule has 0 heterocycles. The minimum absolute atomic E-state index is 0.0832. The van der Waals surface area contributed by atoms with Crippen molar-refractivity contribution in [2.24, 2.45) is 0 Å². The molecule has 6 atom stereocenters. The second-order valence-electron chi connectivity index (χ2n) is 16.6. The Labute approximate surface area is 362 Å². The summed E-state index contributed by atoms with van der Waals surface area (Å²) in [6, 6.07) is 0. The van der Waals surface area contributed by atoms with Gasteiger partial charge in [-0.05, 0) is 38.5 Å². The van der Waals surface area contributed by atoms with Crippen molar-refractivity contribution < 1.29 is 63.1 Å². The maximum atomic E-state index is 12.8. The van der Waals surface area contributed by atoms with E-state index in [9.17, 15) is 44.6 Å². The summed E-state index contributed by atoms with van der Waals surface area (Å²) in [6.07, 6.45) is 26.6. The van der Waals surface area contributed by atoms with E-state index in [1.165, 1.54) is 96.3 Å². The molecule has 0 amide bonds. The Balaban J connectivity index is 2.44. The monoisotopic (exact) mass is 877 g/mol. The fourth-order valence-electron chi connectivity index (χ4n) is 7.19. The van der Waals surface area contributed by atoms with E-state index in [0.717, 1.165) is 64.2 Å². The molecule has 0 saturated heterocycles. The molecule has 0 bridgehead atoms. The van der Waals surface area contributed by atoms with Gasteiger partial charge in [-0.2, -0.15) is 0 Å². The molecule has 0 aromatic carbocycles. The number of allylic oxidation sites excluding steroid dienone is 4. The predicted molar refractivity (Wildman–Crippen MR) is 235 cm³/mol. The van der Waals surface area contributed by atoms with E-state index in [-0.39, 0.29) is 12.8 Å². The smallest absolute Gasteiger partial charge is 0.462 e. The van der Waals surface area contributed by atoms with Crippen LogP contribution in [0.4, 0.5) is 0 Å². The van der Waals surface area contributed by atoms with E-state index in [1.807, 2.05) is 0 Å². The molecule has 0 aromatic rings. The summed E-state index contributed by atoms with van der Waals surface area (Å²) in [4.78, 5) is 35.7. The van der Waals surface area contributed by atoms with E-state index in [4.69, 9.17) is 18.5 Å². The van der Waals surface area contributed by atoms with Crippen LogP contribution in [0.25, 0.3) is 0 Å². The molecular weight excluding hydrogens is 791 g/mol. The van der Waals surface area contributed by atoms with Crippen molar-refractivity contribution in [2.45, 2.75) is 243 Å². The zero-order chi connectivity index (χ0) is 44.3. The largest absolute Gasteiger partial charge is 0.472 e. The Bertz CT molecular complexity index is 1150. The maximum absolute atomic E-state index is 12.8. The number of phosphoric ester groups is 1. The highest BCUT2D eigenvalue weighted by Crippen LogP contribution is 2.47. The molecule has 1 aliphatic rings. The molecule has 1 fully saturated rings. The summed E-state index contributed by atoms with van der Waals surface area (Å²) in [5, 5.41) is 50.1. The molecule has 6 N–H and O–H groups in total. The third-order valence-corrected chi connectivity index (χ3v) is 12.0. The standard InChI is InChI=1S/C46H85O13P/c1-3-5-7-9-11-13-15-17-19-20-21-23-24-26-28-30-32-34-39(47)56-36-38(37-57-60(54,55)59-46-44(52)42(50)41(49)43(51)45(46)53)58-40(48)35-33-31-29-27-25-22-18-16-14-12-10-8-6-4-2/h10,12,16,18,38,41-46,49-53H,3-9,11,13-15,17,19-37H2,1-2H3,(H,54,55)/b12-10-,18-16-. The number of aliphatic hydroxyl groups excluding tert-OH is 5. The first-order chi connectivity index (χ1) is 28.9. The van der Waals surface area contributed by atoms with Gasteiger partial charge in [0, 0.05) is 12.8 Å². The van der Waals surface area contributed by atoms with Crippen LogP contribution in [0.2, 0.25) is 0 Å². The first-order valence-corrected chi connectivity index (χ1v) is 25.1. The highest BCUT2D eigenvalue weighted by molar-refractivity contribution is 7.47. The molecule has 14 heteroatoms. The molecule has 352 valence electrons. The lowest BCUT2D eigenvalue weighted by Crippen LogP contribution is -2.64. The Morgan fingerprint density at radius 3 is 1.40 bits per heavy atom. The van der Waals surface area contributed by atoms with E-state index >= 15 is 0 Å². The summed E-state index contributed by atoms with van der Waals surface area (Å²) < 4.78 is 33.5. The first-order valence-electron chi connectivity index (χ1n) is 23.6. The van der Waals surface area contributed by atoms with Crippen LogP contribution in [-0.2, 0) is 32.7 Å². The topological polar surface area (TPSA) is 210 Å². The molecule has 60 heavy (non-hydrogen) atoms. The van der Waals surface area contributed by atoms with Gasteiger partial charge in [-0.1, -0.05) is 173 Å². The Hall–Kier alpha value is -1.67. The van der Waals surface area contributed by atoms with Crippen molar-refractivity contribution >= 4 is 19.8 Å². The van der Waals surface area contributed by atoms with Crippen molar-refractivity contribution in [2.75, 3.05) is 13.2 Å². The first kappa shape index (κ1) is 56.3. The normalized spacial score (nSPS) is 22.3. The van der Waals surface area contributed by atoms with E-state index in [1.54, 1.807) is 0 Å². The number of carbonyl (C=O) groups excluding carboxylic acids is 2. The fraction of sp³-hybridized carbons (Fsp3) is 0.870. The van der Waals surface area contributed by atoms with Crippen molar-refractivity contribution in [1.29, 1.82) is 0 Å². The number of phosphoric acid groups is 1. The Morgan fingerprint density at radius 1 is 0.517 bits per heavy atom. The number of rotatable bonds is 39. The van der Waals surface area contributed by atoms with Crippen molar-refractivity contribution in [3.05, 3.63) is 24.3 Å². The van der Waals surface area contributed by atoms with Crippen LogP contribution >= 0.6 is 7.82 Å². The van der Waals surface area contributed by atoms with E-state index in [2.05, 4.69) is 38.2 Å². The number of hydrogen-bond acceptors (Lipinski definition) is 12. The number of aliphatic hydroxyl groups is 5. The summed E-state index contributed by atoms with van der Waals surface area (Å²) >= 11 is 0. The maximum Gasteiger partial charge on any atom is 0.472 e. The van der Waals surface area contributed by atoms with Crippen LogP contribution in [0.1, 0.15) is 200 Å². The lowest BCUT2D eigenvalue weighted by Gasteiger charge is -2.41. The molecule has 13 nitrogen and oxygen atoms in total. The lowest BCUT2D eigenvalue weighted by atomic mass is 9.85. The third-order valence-electron chi connectivity index (χ3n) is 11.0. The van der Waals surface area contributed by atoms with Crippen LogP contribution in [-0.4, -0.2) is 98.3 Å². The zero-order valence-corrected chi connectivity index (χ0v) is 38.2. The molecule has 0 aromatic heterocycles. The Morgan fingerprint density at radius 2 is 0.917 bits per heavy atom. The highest BCUT2D eigenvalue weighted by Gasteiger charge is 2.51. The van der Waals surface area contributed by atoms with Crippen molar-refractivity contribution in [1.82, 2.24) is 0 Å². The van der Waals surface area contributed by atoms with Crippen LogP contribution < -0.4 is 0 Å². The fourth-order valence-corrected chi connectivity index (χ4v) is 8.16. The Kier molecular flexibility index (Phi) is 34.5. The average Bonchev–Trinajstić information content (AvgIpc) is 3.23. The summed E-state index contributed by atoms with van der Waals surface area (Å²) in [5.41, 5.74) is 0. The van der Waals surface area contributed by atoms with Gasteiger partial charge >= 0.3 is 19.8 Å². The summed E-state index contributed by atoms with van der Waals surface area (Å²) in [6.45, 7) is 3.26. The SMILES string of the molecule is CCCC/C=C\C/C=C\CCCCCCCC(=O)OC(COC(=O)CCCCCCCCCCCCCCCCCCC)COP(=O)(O)OC1C(O)C(O)C(O)C(O)C1O. The van der Waals surface area contributed by atoms with Gasteiger partial charge in [-0.25, -0.2) is 4.57 Å². The molecular formula is C46H85O13P. The van der Waals surface area contributed by atoms with Crippen LogP contribution in [0.15, 0.2) is 24.3 Å². The quantitative estimate of drug-likeness (QED) is 0.0147.